The van der Waals surface area contributed by atoms with Gasteiger partial charge in [-0.2, -0.15) is 0 Å². The Morgan fingerprint density at radius 3 is 2.56 bits per heavy atom. The lowest BCUT2D eigenvalue weighted by Crippen LogP contribution is -2.51. The third-order valence-electron chi connectivity index (χ3n) is 3.36. The van der Waals surface area contributed by atoms with Gasteiger partial charge in [-0.3, -0.25) is 4.90 Å². The van der Waals surface area contributed by atoms with Crippen molar-refractivity contribution in [1.29, 1.82) is 0 Å². The van der Waals surface area contributed by atoms with E-state index in [4.69, 9.17) is 16.8 Å². The molecule has 5 heteroatoms. The Kier molecular flexibility index (Phi) is 4.09. The fraction of sp³-hybridized carbons (Fsp3) is 0.462. The maximum Gasteiger partial charge on any atom is 0.0777 e. The van der Waals surface area contributed by atoms with Gasteiger partial charge in [-0.05, 0) is 38.4 Å². The molecule has 0 aromatic heterocycles. The summed E-state index contributed by atoms with van der Waals surface area (Å²) in [6.45, 7) is 1.69. The van der Waals surface area contributed by atoms with E-state index in [0.717, 1.165) is 35.9 Å². The summed E-state index contributed by atoms with van der Waals surface area (Å²) in [6, 6.07) is 8.00. The topological polar surface area (TPSA) is 39.1 Å². The molecule has 1 aliphatic rings. The number of likely N-dealkylation sites (N-methyl/N-ethyl adjacent to an activating group) is 1. The van der Waals surface area contributed by atoms with Crippen LogP contribution in [0, 0.1) is 0 Å². The first-order valence-corrected chi connectivity index (χ1v) is 6.37. The molecule has 4 nitrogen and oxygen atoms in total. The van der Waals surface area contributed by atoms with Crippen molar-refractivity contribution in [2.24, 2.45) is 5.16 Å². The maximum absolute atomic E-state index is 9.03. The van der Waals surface area contributed by atoms with Gasteiger partial charge in [0.15, 0.2) is 0 Å². The number of rotatable bonds is 2. The lowest BCUT2D eigenvalue weighted by atomic mass is 10.0. The van der Waals surface area contributed by atoms with E-state index in [1.165, 1.54) is 0 Å². The van der Waals surface area contributed by atoms with Gasteiger partial charge in [0.2, 0.25) is 0 Å². The predicted molar refractivity (Wildman–Crippen MR) is 75.0 cm³/mol. The smallest absolute Gasteiger partial charge is 0.0777 e. The molecule has 1 aromatic rings. The average Bonchev–Trinajstić information content (AvgIpc) is 2.39. The average molecular weight is 268 g/mol. The summed E-state index contributed by atoms with van der Waals surface area (Å²) in [5, 5.41) is 13.2. The Labute approximate surface area is 112 Å². The maximum atomic E-state index is 9.03. The van der Waals surface area contributed by atoms with Gasteiger partial charge in [0.1, 0.15) is 0 Å². The van der Waals surface area contributed by atoms with E-state index in [2.05, 4.69) is 15.0 Å². The van der Waals surface area contributed by atoms with Crippen LogP contribution in [0.1, 0.15) is 6.42 Å². The van der Waals surface area contributed by atoms with Gasteiger partial charge in [-0.1, -0.05) is 16.8 Å². The molecule has 0 saturated carbocycles. The molecule has 18 heavy (non-hydrogen) atoms. The fourth-order valence-electron chi connectivity index (χ4n) is 2.29. The second-order valence-electron chi connectivity index (χ2n) is 4.74. The minimum atomic E-state index is 0.152. The van der Waals surface area contributed by atoms with Gasteiger partial charge >= 0.3 is 0 Å². The Balaban J connectivity index is 2.15. The van der Waals surface area contributed by atoms with E-state index in [-0.39, 0.29) is 6.04 Å². The quantitative estimate of drug-likeness (QED) is 0.660. The van der Waals surface area contributed by atoms with E-state index in [9.17, 15) is 0 Å². The van der Waals surface area contributed by atoms with Gasteiger partial charge in [0.05, 0.1) is 11.8 Å². The zero-order valence-corrected chi connectivity index (χ0v) is 11.4. The number of hydrogen-bond acceptors (Lipinski definition) is 4. The largest absolute Gasteiger partial charge is 0.411 e. The highest BCUT2D eigenvalue weighted by atomic mass is 35.5. The summed E-state index contributed by atoms with van der Waals surface area (Å²) in [7, 11) is 4.00. The van der Waals surface area contributed by atoms with Crippen LogP contribution in [0.5, 0.6) is 0 Å². The molecule has 0 bridgehead atoms. The first kappa shape index (κ1) is 13.2. The number of oxime groups is 1. The fourth-order valence-corrected chi connectivity index (χ4v) is 2.41. The Hall–Kier alpha value is -1.26. The molecule has 1 aromatic carbocycles. The monoisotopic (exact) mass is 267 g/mol. The van der Waals surface area contributed by atoms with Crippen LogP contribution >= 0.6 is 11.6 Å². The summed E-state index contributed by atoms with van der Waals surface area (Å²) >= 11 is 5.90. The van der Waals surface area contributed by atoms with Crippen molar-refractivity contribution in [2.45, 2.75) is 12.5 Å². The van der Waals surface area contributed by atoms with Crippen molar-refractivity contribution in [2.75, 3.05) is 32.1 Å². The molecule has 2 rings (SSSR count). The van der Waals surface area contributed by atoms with Crippen LogP contribution < -0.4 is 4.90 Å². The summed E-state index contributed by atoms with van der Waals surface area (Å²) < 4.78 is 0. The van der Waals surface area contributed by atoms with Gasteiger partial charge in [0, 0.05) is 30.2 Å². The molecule has 98 valence electrons. The van der Waals surface area contributed by atoms with E-state index in [1.54, 1.807) is 0 Å². The molecule has 1 aliphatic heterocycles. The Bertz CT molecular complexity index is 430. The molecule has 0 radical (unpaired) electrons. The van der Waals surface area contributed by atoms with Crippen LogP contribution in [-0.2, 0) is 0 Å². The van der Waals surface area contributed by atoms with E-state index in [0.29, 0.717) is 0 Å². The molecule has 1 atom stereocenters. The Morgan fingerprint density at radius 1 is 1.33 bits per heavy atom. The number of anilines is 1. The molecule has 1 unspecified atom stereocenters. The lowest BCUT2D eigenvalue weighted by molar-refractivity contribution is 0.294. The number of benzene rings is 1. The summed E-state index contributed by atoms with van der Waals surface area (Å²) in [4.78, 5) is 4.37. The van der Waals surface area contributed by atoms with Crippen LogP contribution in [0.25, 0.3) is 0 Å². The summed E-state index contributed by atoms with van der Waals surface area (Å²) in [5.74, 6) is 0. The highest BCUT2D eigenvalue weighted by molar-refractivity contribution is 6.30. The van der Waals surface area contributed by atoms with Crippen LogP contribution in [0.4, 0.5) is 5.69 Å². The lowest BCUT2D eigenvalue weighted by Gasteiger charge is -2.37. The number of hydrogen-bond donors (Lipinski definition) is 1. The van der Waals surface area contributed by atoms with E-state index in [1.807, 2.05) is 38.4 Å². The van der Waals surface area contributed by atoms with Gasteiger partial charge in [-0.25, -0.2) is 0 Å². The summed E-state index contributed by atoms with van der Waals surface area (Å²) in [6.07, 6.45) is 0.780. The third-order valence-corrected chi connectivity index (χ3v) is 3.61. The SMILES string of the molecule is CN(C)C1CN(c2ccc(Cl)cc2)CCC1=NO. The molecule has 1 fully saturated rings. The van der Waals surface area contributed by atoms with Crippen molar-refractivity contribution in [3.63, 3.8) is 0 Å². The molecular formula is C13H18ClN3O. The van der Waals surface area contributed by atoms with Crippen LogP contribution in [0.3, 0.4) is 0 Å². The van der Waals surface area contributed by atoms with Gasteiger partial charge < -0.3 is 10.1 Å². The molecule has 1 saturated heterocycles. The standard InChI is InChI=1S/C13H18ClN3O/c1-16(2)13-9-17(8-7-12(13)15-18)11-5-3-10(14)4-6-11/h3-6,13,18H,7-9H2,1-2H3. The first-order valence-electron chi connectivity index (χ1n) is 5.99. The zero-order chi connectivity index (χ0) is 13.1. The number of nitrogens with zero attached hydrogens (tertiary/aromatic N) is 3. The molecule has 0 amide bonds. The van der Waals surface area contributed by atoms with Crippen LogP contribution in [0.15, 0.2) is 29.4 Å². The van der Waals surface area contributed by atoms with E-state index >= 15 is 0 Å². The zero-order valence-electron chi connectivity index (χ0n) is 10.7. The highest BCUT2D eigenvalue weighted by Gasteiger charge is 2.27. The van der Waals surface area contributed by atoms with Crippen molar-refractivity contribution in [1.82, 2.24) is 4.90 Å². The van der Waals surface area contributed by atoms with Gasteiger partial charge in [-0.15, -0.1) is 0 Å². The number of piperidine rings is 1. The van der Waals surface area contributed by atoms with Gasteiger partial charge in [0.25, 0.3) is 0 Å². The number of halogens is 1. The van der Waals surface area contributed by atoms with Crippen molar-refractivity contribution in [3.8, 4) is 0 Å². The van der Waals surface area contributed by atoms with Crippen molar-refractivity contribution < 1.29 is 5.21 Å². The minimum absolute atomic E-state index is 0.152. The molecule has 0 aliphatic carbocycles. The first-order chi connectivity index (χ1) is 8.61. The molecule has 1 heterocycles. The van der Waals surface area contributed by atoms with Crippen LogP contribution in [0.2, 0.25) is 5.02 Å². The second kappa shape index (κ2) is 5.59. The molecular weight excluding hydrogens is 250 g/mol. The molecule has 1 N–H and O–H groups in total. The Morgan fingerprint density at radius 2 is 2.00 bits per heavy atom. The van der Waals surface area contributed by atoms with E-state index < -0.39 is 0 Å². The van der Waals surface area contributed by atoms with Crippen molar-refractivity contribution in [3.05, 3.63) is 29.3 Å². The predicted octanol–water partition coefficient (Wildman–Crippen LogP) is 2.31. The normalized spacial score (nSPS) is 22.8. The van der Waals surface area contributed by atoms with Crippen molar-refractivity contribution >= 4 is 23.0 Å². The second-order valence-corrected chi connectivity index (χ2v) is 5.18. The molecule has 0 spiro atoms. The van der Waals surface area contributed by atoms with Crippen LogP contribution in [-0.4, -0.2) is 49.0 Å². The minimum Gasteiger partial charge on any atom is -0.411 e. The highest BCUT2D eigenvalue weighted by Crippen LogP contribution is 2.22. The third kappa shape index (κ3) is 2.76. The summed E-state index contributed by atoms with van der Waals surface area (Å²) in [5.41, 5.74) is 2.01.